The number of carbonyl (C=O) groups is 1. The summed E-state index contributed by atoms with van der Waals surface area (Å²) < 4.78 is 0. The molecule has 0 aliphatic heterocycles. The zero-order valence-corrected chi connectivity index (χ0v) is 17.5. The van der Waals surface area contributed by atoms with E-state index in [0.29, 0.717) is 25.5 Å². The molecule has 0 fully saturated rings. The lowest BCUT2D eigenvalue weighted by molar-refractivity contribution is -0.121. The molecule has 0 aliphatic rings. The third kappa shape index (κ3) is 9.75. The Balaban J connectivity index is 0.00000484. The number of hydrogen-bond acceptors (Lipinski definition) is 4. The van der Waals surface area contributed by atoms with Crippen molar-refractivity contribution in [2.45, 2.75) is 53.1 Å². The normalized spacial score (nSPS) is 11.1. The Kier molecular flexibility index (Phi) is 12.0. The van der Waals surface area contributed by atoms with E-state index >= 15 is 0 Å². The first kappa shape index (κ1) is 22.1. The Morgan fingerprint density at radius 1 is 1.35 bits per heavy atom. The number of thiazole rings is 1. The molecule has 132 valence electrons. The van der Waals surface area contributed by atoms with Crippen LogP contribution in [0.3, 0.4) is 0 Å². The minimum Gasteiger partial charge on any atom is -0.357 e. The largest absolute Gasteiger partial charge is 0.357 e. The van der Waals surface area contributed by atoms with Crippen molar-refractivity contribution >= 4 is 47.2 Å². The molecule has 0 spiro atoms. The summed E-state index contributed by atoms with van der Waals surface area (Å²) in [6.07, 6.45) is 3.34. The molecule has 1 aromatic rings. The van der Waals surface area contributed by atoms with Gasteiger partial charge in [-0.3, -0.25) is 4.79 Å². The summed E-state index contributed by atoms with van der Waals surface area (Å²) in [6.45, 7) is 9.93. The summed E-state index contributed by atoms with van der Waals surface area (Å²) in [7, 11) is 0. The fraction of sp³-hybridized carbons (Fsp3) is 0.667. The van der Waals surface area contributed by atoms with Crippen LogP contribution in [0.4, 0.5) is 0 Å². The summed E-state index contributed by atoms with van der Waals surface area (Å²) in [4.78, 5) is 21.7. The van der Waals surface area contributed by atoms with Gasteiger partial charge in [0.15, 0.2) is 5.96 Å². The first-order valence-electron chi connectivity index (χ1n) is 7.80. The van der Waals surface area contributed by atoms with Crippen LogP contribution in [-0.2, 0) is 17.8 Å². The molecule has 0 aliphatic carbocycles. The maximum Gasteiger partial charge on any atom is 0.221 e. The fourth-order valence-corrected chi connectivity index (χ4v) is 2.55. The van der Waals surface area contributed by atoms with Crippen LogP contribution in [0.2, 0.25) is 0 Å². The van der Waals surface area contributed by atoms with E-state index in [2.05, 4.69) is 32.9 Å². The minimum absolute atomic E-state index is 0. The van der Waals surface area contributed by atoms with Crippen molar-refractivity contribution in [3.63, 3.8) is 0 Å². The van der Waals surface area contributed by atoms with Gasteiger partial charge in [-0.15, -0.1) is 35.3 Å². The third-order valence-corrected chi connectivity index (χ3v) is 3.89. The molecule has 8 heteroatoms. The van der Waals surface area contributed by atoms with E-state index in [1.165, 1.54) is 4.88 Å². The van der Waals surface area contributed by atoms with Crippen LogP contribution in [-0.4, -0.2) is 36.0 Å². The molecule has 1 aromatic heterocycles. The highest BCUT2D eigenvalue weighted by Crippen LogP contribution is 2.13. The Bertz CT molecular complexity index is 490. The number of halogens is 1. The second-order valence-electron chi connectivity index (χ2n) is 5.17. The van der Waals surface area contributed by atoms with Gasteiger partial charge in [0, 0.05) is 36.6 Å². The van der Waals surface area contributed by atoms with Crippen LogP contribution in [0.15, 0.2) is 11.2 Å². The van der Waals surface area contributed by atoms with E-state index in [1.807, 2.05) is 27.0 Å². The van der Waals surface area contributed by atoms with E-state index in [9.17, 15) is 4.79 Å². The molecule has 0 saturated heterocycles. The zero-order valence-electron chi connectivity index (χ0n) is 14.3. The van der Waals surface area contributed by atoms with E-state index in [1.54, 1.807) is 11.3 Å². The predicted octanol–water partition coefficient (Wildman–Crippen LogP) is 2.29. The molecular weight excluding hydrogens is 425 g/mol. The van der Waals surface area contributed by atoms with Gasteiger partial charge >= 0.3 is 0 Å². The molecule has 0 radical (unpaired) electrons. The first-order valence-corrected chi connectivity index (χ1v) is 8.61. The molecule has 0 unspecified atom stereocenters. The maximum absolute atomic E-state index is 11.6. The molecule has 1 amide bonds. The minimum atomic E-state index is 0. The van der Waals surface area contributed by atoms with Crippen molar-refractivity contribution in [3.8, 4) is 0 Å². The number of carbonyl (C=O) groups excluding carboxylic acids is 1. The summed E-state index contributed by atoms with van der Waals surface area (Å²) >= 11 is 1.69. The van der Waals surface area contributed by atoms with Crippen LogP contribution in [0.1, 0.15) is 44.0 Å². The predicted molar refractivity (Wildman–Crippen MR) is 108 cm³/mol. The average Bonchev–Trinajstić information content (AvgIpc) is 2.92. The molecule has 23 heavy (non-hydrogen) atoms. The summed E-state index contributed by atoms with van der Waals surface area (Å²) in [5.74, 6) is 0.763. The van der Waals surface area contributed by atoms with Crippen LogP contribution < -0.4 is 16.0 Å². The fourth-order valence-electron chi connectivity index (χ4n) is 1.76. The van der Waals surface area contributed by atoms with Crippen molar-refractivity contribution in [1.82, 2.24) is 20.9 Å². The van der Waals surface area contributed by atoms with Gasteiger partial charge in [0.1, 0.15) is 5.01 Å². The SMILES string of the molecule is CCNC(=NCc1ncc(CC)s1)NCCC(=O)NC(C)C.I. The molecule has 0 saturated carbocycles. The van der Waals surface area contributed by atoms with Gasteiger partial charge in [0.05, 0.1) is 6.54 Å². The average molecular weight is 453 g/mol. The molecular formula is C15H28IN5OS. The molecule has 1 rings (SSSR count). The number of guanidine groups is 1. The van der Waals surface area contributed by atoms with E-state index in [0.717, 1.165) is 18.0 Å². The molecule has 3 N–H and O–H groups in total. The highest BCUT2D eigenvalue weighted by molar-refractivity contribution is 14.0. The van der Waals surface area contributed by atoms with Gasteiger partial charge < -0.3 is 16.0 Å². The van der Waals surface area contributed by atoms with Crippen molar-refractivity contribution in [2.75, 3.05) is 13.1 Å². The Morgan fingerprint density at radius 3 is 2.65 bits per heavy atom. The second kappa shape index (κ2) is 12.5. The summed E-state index contributed by atoms with van der Waals surface area (Å²) in [5, 5.41) is 10.2. The van der Waals surface area contributed by atoms with Crippen LogP contribution in [0, 0.1) is 0 Å². The van der Waals surface area contributed by atoms with Gasteiger partial charge in [0.2, 0.25) is 5.91 Å². The summed E-state index contributed by atoms with van der Waals surface area (Å²) in [5.41, 5.74) is 0. The lowest BCUT2D eigenvalue weighted by Gasteiger charge is -2.12. The van der Waals surface area contributed by atoms with E-state index in [4.69, 9.17) is 0 Å². The quantitative estimate of drug-likeness (QED) is 0.321. The first-order chi connectivity index (χ1) is 10.5. The van der Waals surface area contributed by atoms with Crippen LogP contribution >= 0.6 is 35.3 Å². The van der Waals surface area contributed by atoms with Gasteiger partial charge in [-0.1, -0.05) is 6.92 Å². The van der Waals surface area contributed by atoms with Gasteiger partial charge in [-0.05, 0) is 27.2 Å². The Hall–Kier alpha value is -0.900. The van der Waals surface area contributed by atoms with E-state index < -0.39 is 0 Å². The maximum atomic E-state index is 11.6. The number of amides is 1. The number of aromatic nitrogens is 1. The standard InChI is InChI=1S/C15H27N5OS.HI/c1-5-12-9-18-14(22-12)10-19-15(16-6-2)17-8-7-13(21)20-11(3)4;/h9,11H,5-8,10H2,1-4H3,(H,20,21)(H2,16,17,19);1H. The van der Waals surface area contributed by atoms with Crippen molar-refractivity contribution in [1.29, 1.82) is 0 Å². The zero-order chi connectivity index (χ0) is 16.4. The second-order valence-corrected chi connectivity index (χ2v) is 6.37. The lowest BCUT2D eigenvalue weighted by Crippen LogP contribution is -2.40. The van der Waals surface area contributed by atoms with Crippen LogP contribution in [0.5, 0.6) is 0 Å². The number of aliphatic imine (C=N–C) groups is 1. The lowest BCUT2D eigenvalue weighted by atomic mass is 10.3. The van der Waals surface area contributed by atoms with Crippen molar-refractivity contribution in [2.24, 2.45) is 4.99 Å². The third-order valence-electron chi connectivity index (χ3n) is 2.76. The molecule has 0 atom stereocenters. The van der Waals surface area contributed by atoms with Gasteiger partial charge in [0.25, 0.3) is 0 Å². The van der Waals surface area contributed by atoms with Crippen molar-refractivity contribution in [3.05, 3.63) is 16.1 Å². The van der Waals surface area contributed by atoms with Crippen LogP contribution in [0.25, 0.3) is 0 Å². The molecule has 6 nitrogen and oxygen atoms in total. The Labute approximate surface area is 160 Å². The van der Waals surface area contributed by atoms with E-state index in [-0.39, 0.29) is 35.9 Å². The highest BCUT2D eigenvalue weighted by atomic mass is 127. The number of rotatable bonds is 8. The van der Waals surface area contributed by atoms with Crippen molar-refractivity contribution < 1.29 is 4.79 Å². The van der Waals surface area contributed by atoms with Gasteiger partial charge in [-0.2, -0.15) is 0 Å². The molecule has 0 bridgehead atoms. The molecule has 0 aromatic carbocycles. The van der Waals surface area contributed by atoms with Gasteiger partial charge in [-0.25, -0.2) is 9.98 Å². The smallest absolute Gasteiger partial charge is 0.221 e. The number of hydrogen-bond donors (Lipinski definition) is 3. The number of nitrogens with one attached hydrogen (secondary N) is 3. The summed E-state index contributed by atoms with van der Waals surface area (Å²) in [6, 6.07) is 0.173. The molecule has 1 heterocycles. The number of aryl methyl sites for hydroxylation is 1. The Morgan fingerprint density at radius 2 is 2.09 bits per heavy atom. The topological polar surface area (TPSA) is 78.4 Å². The monoisotopic (exact) mass is 453 g/mol. The number of nitrogens with zero attached hydrogens (tertiary/aromatic N) is 2. The highest BCUT2D eigenvalue weighted by Gasteiger charge is 2.05.